The Balaban J connectivity index is 1.98. The molecule has 43 heavy (non-hydrogen) atoms. The van der Waals surface area contributed by atoms with Crippen LogP contribution in [0.3, 0.4) is 0 Å². The van der Waals surface area contributed by atoms with E-state index in [1.165, 1.54) is 87.2 Å². The van der Waals surface area contributed by atoms with Gasteiger partial charge in [0, 0.05) is 0 Å². The Morgan fingerprint density at radius 2 is 0.953 bits per heavy atom. The average molecular weight is 583 g/mol. The minimum absolute atomic E-state index is 0.190. The molecule has 0 saturated carbocycles. The first-order valence-electron chi connectivity index (χ1n) is 15.6. The van der Waals surface area contributed by atoms with Crippen molar-refractivity contribution in [2.75, 3.05) is 0 Å². The molecule has 0 atom stereocenters. The third kappa shape index (κ3) is 7.27. The predicted molar refractivity (Wildman–Crippen MR) is 198 cm³/mol. The lowest BCUT2D eigenvalue weighted by atomic mass is 9.36. The van der Waals surface area contributed by atoms with E-state index in [4.69, 9.17) is 0 Å². The van der Waals surface area contributed by atoms with Crippen molar-refractivity contribution in [1.29, 1.82) is 0 Å². The van der Waals surface area contributed by atoms with E-state index in [0.29, 0.717) is 0 Å². The van der Waals surface area contributed by atoms with Gasteiger partial charge < -0.3 is 0 Å². The summed E-state index contributed by atoms with van der Waals surface area (Å²) in [4.78, 5) is 0. The Kier molecular flexibility index (Phi) is 10.3. The summed E-state index contributed by atoms with van der Waals surface area (Å²) in [5, 5.41) is 0. The monoisotopic (exact) mass is 582 g/mol. The van der Waals surface area contributed by atoms with Crippen molar-refractivity contribution < 1.29 is 0 Å². The maximum Gasteiger partial charge on any atom is 0.254 e. The number of allylic oxidation sites excluding steroid dienone is 5. The van der Waals surface area contributed by atoms with E-state index in [0.717, 1.165) is 0 Å². The summed E-state index contributed by atoms with van der Waals surface area (Å²) >= 11 is 1.99. The molecule has 3 aromatic carbocycles. The summed E-state index contributed by atoms with van der Waals surface area (Å²) in [6.07, 6.45) is 6.60. The second kappa shape index (κ2) is 13.6. The SMILES string of the molecule is C/C=C/C(C)=C\C(C)=C\B(c1ccc(B(c2c(C)cc(C)cc2C)c2c(C)cc(C)cc2C)s1)c1c(C)cc(C)cc1C. The van der Waals surface area contributed by atoms with Crippen LogP contribution in [-0.4, -0.2) is 13.4 Å². The van der Waals surface area contributed by atoms with Crippen LogP contribution in [-0.2, 0) is 0 Å². The van der Waals surface area contributed by atoms with Crippen molar-refractivity contribution in [3.8, 4) is 0 Å². The molecule has 1 heterocycles. The number of hydrogen-bond donors (Lipinski definition) is 0. The van der Waals surface area contributed by atoms with Gasteiger partial charge in [0.1, 0.15) is 0 Å². The van der Waals surface area contributed by atoms with Crippen LogP contribution >= 0.6 is 11.3 Å². The van der Waals surface area contributed by atoms with Gasteiger partial charge >= 0.3 is 0 Å². The van der Waals surface area contributed by atoms with Crippen LogP contribution in [0.1, 0.15) is 70.8 Å². The molecule has 0 bridgehead atoms. The van der Waals surface area contributed by atoms with Crippen LogP contribution in [0.25, 0.3) is 0 Å². The molecular weight excluding hydrogens is 534 g/mol. The lowest BCUT2D eigenvalue weighted by Crippen LogP contribution is -2.55. The second-order valence-corrected chi connectivity index (χ2v) is 14.0. The molecule has 0 aliphatic carbocycles. The smallest absolute Gasteiger partial charge is 0.163 e. The first kappa shape index (κ1) is 32.6. The Labute approximate surface area is 266 Å². The molecule has 0 spiro atoms. The van der Waals surface area contributed by atoms with Gasteiger partial charge in [0.2, 0.25) is 6.71 Å². The van der Waals surface area contributed by atoms with E-state index in [2.05, 4.69) is 156 Å². The van der Waals surface area contributed by atoms with E-state index in [1.54, 1.807) is 0 Å². The minimum atomic E-state index is 0.190. The molecule has 0 amide bonds. The summed E-state index contributed by atoms with van der Waals surface area (Å²) in [5.41, 5.74) is 19.1. The van der Waals surface area contributed by atoms with E-state index in [9.17, 15) is 0 Å². The summed E-state index contributed by atoms with van der Waals surface area (Å²) in [7, 11) is 0. The highest BCUT2D eigenvalue weighted by molar-refractivity contribution is 7.35. The maximum absolute atomic E-state index is 2.48. The molecule has 0 aliphatic heterocycles. The fourth-order valence-electron chi connectivity index (χ4n) is 7.38. The van der Waals surface area contributed by atoms with Gasteiger partial charge in [-0.1, -0.05) is 144 Å². The molecule has 0 unspecified atom stereocenters. The van der Waals surface area contributed by atoms with Gasteiger partial charge in [-0.25, -0.2) is 0 Å². The molecule has 4 aromatic rings. The van der Waals surface area contributed by atoms with Gasteiger partial charge in [-0.2, -0.15) is 11.3 Å². The Bertz CT molecular complexity index is 1620. The quantitative estimate of drug-likeness (QED) is 0.148. The molecule has 220 valence electrons. The lowest BCUT2D eigenvalue weighted by Gasteiger charge is -2.23. The van der Waals surface area contributed by atoms with Crippen LogP contribution in [0.15, 0.2) is 83.9 Å². The number of rotatable bonds is 8. The van der Waals surface area contributed by atoms with Crippen molar-refractivity contribution in [3.05, 3.63) is 134 Å². The van der Waals surface area contributed by atoms with E-state index >= 15 is 0 Å². The molecule has 0 saturated heterocycles. The van der Waals surface area contributed by atoms with Crippen molar-refractivity contribution in [2.45, 2.75) is 83.1 Å². The maximum atomic E-state index is 2.48. The average Bonchev–Trinajstić information content (AvgIpc) is 3.35. The van der Waals surface area contributed by atoms with Gasteiger partial charge in [-0.15, -0.1) is 5.98 Å². The first-order valence-corrected chi connectivity index (χ1v) is 16.4. The predicted octanol–water partition coefficient (Wildman–Crippen LogP) is 7.66. The first-order chi connectivity index (χ1) is 20.3. The standard InChI is InChI=1S/C40H48B2S/c1-13-14-25(2)17-29(6)24-41(38-30(7)18-26(3)19-31(38)8)36-15-16-37(43-36)42(39-32(9)20-27(4)21-33(39)10)40-34(11)22-28(5)23-35(40)12/h13-24H,1-12H3/b14-13+,25-17-,29-24+. The van der Waals surface area contributed by atoms with Gasteiger partial charge in [0.05, 0.1) is 0 Å². The highest BCUT2D eigenvalue weighted by Gasteiger charge is 2.31. The number of benzene rings is 3. The lowest BCUT2D eigenvalue weighted by molar-refractivity contribution is 1.34. The third-order valence-corrected chi connectivity index (χ3v) is 9.89. The van der Waals surface area contributed by atoms with Gasteiger partial charge in [-0.05, 0) is 92.6 Å². The highest BCUT2D eigenvalue weighted by Crippen LogP contribution is 2.16. The van der Waals surface area contributed by atoms with Crippen molar-refractivity contribution in [2.24, 2.45) is 0 Å². The van der Waals surface area contributed by atoms with Crippen LogP contribution in [0, 0.1) is 62.3 Å². The van der Waals surface area contributed by atoms with Crippen molar-refractivity contribution >= 4 is 50.7 Å². The normalized spacial score (nSPS) is 12.4. The molecule has 0 fully saturated rings. The summed E-state index contributed by atoms with van der Waals surface area (Å²) in [5.74, 6) is 2.48. The Morgan fingerprint density at radius 3 is 1.37 bits per heavy atom. The Hall–Kier alpha value is -3.29. The third-order valence-electron chi connectivity index (χ3n) is 8.66. The second-order valence-electron chi connectivity index (χ2n) is 12.9. The van der Waals surface area contributed by atoms with Crippen LogP contribution in [0.2, 0.25) is 0 Å². The molecule has 3 heteroatoms. The van der Waals surface area contributed by atoms with E-state index in [1.807, 2.05) is 11.3 Å². The van der Waals surface area contributed by atoms with Crippen LogP contribution in [0.4, 0.5) is 0 Å². The zero-order valence-corrected chi connectivity index (χ0v) is 29.3. The number of hydrogen-bond acceptors (Lipinski definition) is 1. The minimum Gasteiger partial charge on any atom is -0.163 e. The molecule has 1 aromatic heterocycles. The zero-order chi connectivity index (χ0) is 31.6. The number of aryl methyl sites for hydroxylation is 9. The fraction of sp³-hybridized carbons (Fsp3) is 0.300. The van der Waals surface area contributed by atoms with Crippen molar-refractivity contribution in [3.63, 3.8) is 0 Å². The van der Waals surface area contributed by atoms with Gasteiger partial charge in [-0.3, -0.25) is 0 Å². The van der Waals surface area contributed by atoms with Crippen LogP contribution in [0.5, 0.6) is 0 Å². The summed E-state index contributed by atoms with van der Waals surface area (Å²) in [6, 6.07) is 18.9. The molecule has 0 aliphatic rings. The molecule has 0 radical (unpaired) electrons. The molecular formula is C40H48B2S. The van der Waals surface area contributed by atoms with E-state index in [-0.39, 0.29) is 13.4 Å². The van der Waals surface area contributed by atoms with Gasteiger partial charge in [0.15, 0.2) is 0 Å². The Morgan fingerprint density at radius 1 is 0.558 bits per heavy atom. The number of thiophene rings is 1. The molecule has 0 nitrogen and oxygen atoms in total. The molecule has 4 rings (SSSR count). The zero-order valence-electron chi connectivity index (χ0n) is 28.5. The van der Waals surface area contributed by atoms with E-state index < -0.39 is 0 Å². The van der Waals surface area contributed by atoms with Gasteiger partial charge in [0.25, 0.3) is 6.71 Å². The van der Waals surface area contributed by atoms with Crippen LogP contribution < -0.4 is 25.9 Å². The topological polar surface area (TPSA) is 0 Å². The highest BCUT2D eigenvalue weighted by atomic mass is 32.1. The van der Waals surface area contributed by atoms with Crippen molar-refractivity contribution in [1.82, 2.24) is 0 Å². The summed E-state index contributed by atoms with van der Waals surface area (Å²) < 4.78 is 2.82. The summed E-state index contributed by atoms with van der Waals surface area (Å²) in [6.45, 7) is 27.3. The largest absolute Gasteiger partial charge is 0.254 e. The molecule has 0 N–H and O–H groups in total. The fourth-order valence-corrected chi connectivity index (χ4v) is 8.59.